The molecule has 0 aromatic heterocycles. The molecule has 2 aromatic rings. The van der Waals surface area contributed by atoms with Crippen molar-refractivity contribution in [3.63, 3.8) is 0 Å². The number of esters is 2. The summed E-state index contributed by atoms with van der Waals surface area (Å²) in [5.74, 6) is -4.61. The van der Waals surface area contributed by atoms with Gasteiger partial charge in [-0.05, 0) is 19.4 Å². The van der Waals surface area contributed by atoms with E-state index in [2.05, 4.69) is 5.32 Å². The van der Waals surface area contributed by atoms with Crippen LogP contribution in [0.1, 0.15) is 30.9 Å². The maximum Gasteiger partial charge on any atom is 0.336 e. The van der Waals surface area contributed by atoms with Gasteiger partial charge in [-0.25, -0.2) is 9.18 Å². The number of hydrogen-bond acceptors (Lipinski definition) is 8. The van der Waals surface area contributed by atoms with E-state index in [1.807, 2.05) is 0 Å². The zero-order valence-corrected chi connectivity index (χ0v) is 18.7. The number of hydrogen-bond donors (Lipinski definition) is 2. The van der Waals surface area contributed by atoms with E-state index in [9.17, 15) is 29.2 Å². The Balaban J connectivity index is 2.36. The van der Waals surface area contributed by atoms with Crippen molar-refractivity contribution in [2.45, 2.75) is 25.5 Å². The standard InChI is InChI=1S/C24H25FN2O7/c1-3-33-22(28)20-18(14-25)26-24(30,16-10-6-5-7-11-16)21(23(29)34-4-2)19(20)15-9-8-12-17(13-15)27(31)32/h5-13,19,21,26,30H,3-4,14H2,1-2H3. The summed E-state index contributed by atoms with van der Waals surface area (Å²) in [5.41, 5.74) is -2.66. The number of aliphatic hydroxyl groups is 1. The van der Waals surface area contributed by atoms with Gasteiger partial charge in [-0.15, -0.1) is 0 Å². The quantitative estimate of drug-likeness (QED) is 0.341. The fourth-order valence-electron chi connectivity index (χ4n) is 4.21. The number of carbonyl (C=O) groups is 2. The highest BCUT2D eigenvalue weighted by Crippen LogP contribution is 2.48. The van der Waals surface area contributed by atoms with Gasteiger partial charge in [0.25, 0.3) is 5.69 Å². The predicted molar refractivity (Wildman–Crippen MR) is 119 cm³/mol. The summed E-state index contributed by atoms with van der Waals surface area (Å²) in [4.78, 5) is 37.1. The Kier molecular flexibility index (Phi) is 7.62. The van der Waals surface area contributed by atoms with Crippen molar-refractivity contribution in [1.82, 2.24) is 5.32 Å². The third-order valence-corrected chi connectivity index (χ3v) is 5.58. The average Bonchev–Trinajstić information content (AvgIpc) is 2.84. The molecule has 3 unspecified atom stereocenters. The van der Waals surface area contributed by atoms with Crippen LogP contribution >= 0.6 is 0 Å². The lowest BCUT2D eigenvalue weighted by Crippen LogP contribution is -2.58. The fourth-order valence-corrected chi connectivity index (χ4v) is 4.21. The van der Waals surface area contributed by atoms with Crippen LogP contribution in [0.5, 0.6) is 0 Å². The monoisotopic (exact) mass is 472 g/mol. The molecule has 0 fully saturated rings. The molecule has 0 saturated carbocycles. The molecule has 1 aliphatic heterocycles. The Morgan fingerprint density at radius 2 is 1.79 bits per heavy atom. The summed E-state index contributed by atoms with van der Waals surface area (Å²) in [5, 5.41) is 25.9. The maximum atomic E-state index is 14.3. The van der Waals surface area contributed by atoms with Gasteiger partial charge in [0.15, 0.2) is 5.72 Å². The highest BCUT2D eigenvalue weighted by Gasteiger charge is 2.55. The normalized spacial score (nSPS) is 22.0. The van der Waals surface area contributed by atoms with E-state index in [4.69, 9.17) is 9.47 Å². The number of non-ortho nitro benzene ring substituents is 1. The number of nitro benzene ring substituents is 1. The minimum absolute atomic E-state index is 0.0312. The first-order chi connectivity index (χ1) is 16.3. The third kappa shape index (κ3) is 4.62. The second kappa shape index (κ2) is 10.4. The Bertz CT molecular complexity index is 1110. The van der Waals surface area contributed by atoms with Crippen LogP contribution in [0.2, 0.25) is 0 Å². The first kappa shape index (κ1) is 24.8. The summed E-state index contributed by atoms with van der Waals surface area (Å²) < 4.78 is 24.7. The topological polar surface area (TPSA) is 128 Å². The Morgan fingerprint density at radius 1 is 1.12 bits per heavy atom. The lowest BCUT2D eigenvalue weighted by atomic mass is 9.69. The van der Waals surface area contributed by atoms with Gasteiger partial charge in [0.05, 0.1) is 29.4 Å². The summed E-state index contributed by atoms with van der Waals surface area (Å²) in [6, 6.07) is 13.3. The molecule has 0 amide bonds. The van der Waals surface area contributed by atoms with Gasteiger partial charge in [-0.1, -0.05) is 42.5 Å². The first-order valence-electron chi connectivity index (χ1n) is 10.7. The molecule has 1 aliphatic rings. The number of rotatable bonds is 8. The van der Waals surface area contributed by atoms with Crippen LogP contribution in [-0.2, 0) is 24.8 Å². The minimum atomic E-state index is -2.19. The van der Waals surface area contributed by atoms with Gasteiger partial charge >= 0.3 is 11.9 Å². The SMILES string of the molecule is CCOC(=O)C1=C(CF)NC(O)(c2ccccc2)C(C(=O)OCC)C1c1cccc([N+](=O)[O-])c1. The molecule has 10 heteroatoms. The number of alkyl halides is 1. The van der Waals surface area contributed by atoms with Crippen molar-refractivity contribution in [3.05, 3.63) is 87.1 Å². The first-order valence-corrected chi connectivity index (χ1v) is 10.7. The number of nitrogens with one attached hydrogen (secondary N) is 1. The molecule has 180 valence electrons. The van der Waals surface area contributed by atoms with E-state index in [0.29, 0.717) is 0 Å². The van der Waals surface area contributed by atoms with Crippen molar-refractivity contribution in [2.24, 2.45) is 5.92 Å². The molecule has 0 aliphatic carbocycles. The zero-order valence-electron chi connectivity index (χ0n) is 18.7. The van der Waals surface area contributed by atoms with Crippen LogP contribution in [-0.4, -0.2) is 41.9 Å². The zero-order chi connectivity index (χ0) is 24.9. The summed E-state index contributed by atoms with van der Waals surface area (Å²) >= 11 is 0. The maximum absolute atomic E-state index is 14.3. The van der Waals surface area contributed by atoms with E-state index in [0.717, 1.165) is 0 Å². The number of ether oxygens (including phenoxy) is 2. The van der Waals surface area contributed by atoms with Crippen molar-refractivity contribution < 1.29 is 33.5 Å². The van der Waals surface area contributed by atoms with Crippen molar-refractivity contribution >= 4 is 17.6 Å². The van der Waals surface area contributed by atoms with Gasteiger partial charge in [0.2, 0.25) is 0 Å². The van der Waals surface area contributed by atoms with Crippen LogP contribution in [0.3, 0.4) is 0 Å². The van der Waals surface area contributed by atoms with Crippen LogP contribution < -0.4 is 5.32 Å². The van der Waals surface area contributed by atoms with Gasteiger partial charge in [-0.3, -0.25) is 14.9 Å². The molecular formula is C24H25FN2O7. The lowest BCUT2D eigenvalue weighted by Gasteiger charge is -2.45. The third-order valence-electron chi connectivity index (χ3n) is 5.58. The number of allylic oxidation sites excluding steroid dienone is 1. The van der Waals surface area contributed by atoms with Crippen LogP contribution in [0.15, 0.2) is 65.9 Å². The van der Waals surface area contributed by atoms with Gasteiger partial charge in [0, 0.05) is 23.6 Å². The predicted octanol–water partition coefficient (Wildman–Crippen LogP) is 3.09. The molecule has 9 nitrogen and oxygen atoms in total. The number of halogens is 1. The van der Waals surface area contributed by atoms with Crippen LogP contribution in [0, 0.1) is 16.0 Å². The molecule has 1 heterocycles. The second-order valence-electron chi connectivity index (χ2n) is 7.56. The minimum Gasteiger partial charge on any atom is -0.466 e. The number of carbonyl (C=O) groups excluding carboxylic acids is 2. The average molecular weight is 472 g/mol. The molecule has 3 atom stereocenters. The van der Waals surface area contributed by atoms with Crippen molar-refractivity contribution in [2.75, 3.05) is 19.9 Å². The lowest BCUT2D eigenvalue weighted by molar-refractivity contribution is -0.384. The molecule has 0 saturated heterocycles. The molecule has 0 spiro atoms. The number of nitrogens with zero attached hydrogens (tertiary/aromatic N) is 1. The van der Waals surface area contributed by atoms with E-state index in [1.165, 1.54) is 36.4 Å². The Hall–Kier alpha value is -3.79. The molecule has 2 N–H and O–H groups in total. The molecule has 2 aromatic carbocycles. The van der Waals surface area contributed by atoms with Crippen LogP contribution in [0.4, 0.5) is 10.1 Å². The largest absolute Gasteiger partial charge is 0.466 e. The summed E-state index contributed by atoms with van der Waals surface area (Å²) in [6.45, 7) is 1.89. The van der Waals surface area contributed by atoms with E-state index < -0.39 is 41.1 Å². The molecular weight excluding hydrogens is 447 g/mol. The molecule has 0 radical (unpaired) electrons. The summed E-state index contributed by atoms with van der Waals surface area (Å²) in [6.07, 6.45) is 0. The highest BCUT2D eigenvalue weighted by atomic mass is 19.1. The van der Waals surface area contributed by atoms with E-state index >= 15 is 0 Å². The Morgan fingerprint density at radius 3 is 2.38 bits per heavy atom. The van der Waals surface area contributed by atoms with E-state index in [-0.39, 0.29) is 41.3 Å². The smallest absolute Gasteiger partial charge is 0.336 e. The van der Waals surface area contributed by atoms with Crippen molar-refractivity contribution in [3.8, 4) is 0 Å². The second-order valence-corrected chi connectivity index (χ2v) is 7.56. The fraction of sp³-hybridized carbons (Fsp3) is 0.333. The molecule has 0 bridgehead atoms. The number of nitro groups is 1. The van der Waals surface area contributed by atoms with Gasteiger partial charge in [-0.2, -0.15) is 0 Å². The van der Waals surface area contributed by atoms with Gasteiger partial charge < -0.3 is 19.9 Å². The molecule has 34 heavy (non-hydrogen) atoms. The van der Waals surface area contributed by atoms with Gasteiger partial charge in [0.1, 0.15) is 12.6 Å². The highest BCUT2D eigenvalue weighted by molar-refractivity contribution is 5.94. The van der Waals surface area contributed by atoms with Crippen molar-refractivity contribution in [1.29, 1.82) is 0 Å². The Labute approximate surface area is 195 Å². The molecule has 3 rings (SSSR count). The summed E-state index contributed by atoms with van der Waals surface area (Å²) in [7, 11) is 0. The van der Waals surface area contributed by atoms with Crippen LogP contribution in [0.25, 0.3) is 0 Å². The number of benzene rings is 2. The van der Waals surface area contributed by atoms with E-state index in [1.54, 1.807) is 32.0 Å².